The lowest BCUT2D eigenvalue weighted by Gasteiger charge is -2.36. The summed E-state index contributed by atoms with van der Waals surface area (Å²) in [4.78, 5) is 16.7. The van der Waals surface area contributed by atoms with E-state index in [1.54, 1.807) is 7.11 Å². The zero-order valence-electron chi connectivity index (χ0n) is 16.7. The maximum Gasteiger partial charge on any atom is 0.321 e. The van der Waals surface area contributed by atoms with Crippen molar-refractivity contribution in [3.8, 4) is 5.75 Å². The second-order valence-corrected chi connectivity index (χ2v) is 7.93. The van der Waals surface area contributed by atoms with Crippen molar-refractivity contribution in [3.05, 3.63) is 54.1 Å². The van der Waals surface area contributed by atoms with E-state index in [0.29, 0.717) is 13.1 Å². The van der Waals surface area contributed by atoms with Crippen molar-refractivity contribution in [1.29, 1.82) is 0 Å². The van der Waals surface area contributed by atoms with Gasteiger partial charge in [-0.05, 0) is 35.2 Å². The van der Waals surface area contributed by atoms with E-state index in [1.165, 1.54) is 11.3 Å². The fourth-order valence-electron chi connectivity index (χ4n) is 3.24. The van der Waals surface area contributed by atoms with Crippen LogP contribution in [0.4, 0.5) is 16.2 Å². The molecule has 0 radical (unpaired) electrons. The first kappa shape index (κ1) is 19.1. The van der Waals surface area contributed by atoms with E-state index in [0.717, 1.165) is 24.5 Å². The van der Waals surface area contributed by atoms with Gasteiger partial charge in [0.1, 0.15) is 5.75 Å². The molecule has 1 N–H and O–H groups in total. The molecule has 1 heterocycles. The highest BCUT2D eigenvalue weighted by Crippen LogP contribution is 2.25. The van der Waals surface area contributed by atoms with Crippen molar-refractivity contribution < 1.29 is 9.53 Å². The standard InChI is InChI=1S/C22H29N3O2/c1-22(2,3)17-8-10-19(11-9-17)24-12-14-25(15-13-24)21(26)23-18-6-5-7-20(16-18)27-4/h5-11,16H,12-15H2,1-4H3,(H,23,26). The third-order valence-electron chi connectivity index (χ3n) is 4.99. The highest BCUT2D eigenvalue weighted by Gasteiger charge is 2.22. The van der Waals surface area contributed by atoms with E-state index in [2.05, 4.69) is 55.3 Å². The first-order chi connectivity index (χ1) is 12.9. The van der Waals surface area contributed by atoms with E-state index in [9.17, 15) is 4.79 Å². The number of carbonyl (C=O) groups is 1. The molecule has 0 unspecified atom stereocenters. The van der Waals surface area contributed by atoms with Gasteiger partial charge in [0.25, 0.3) is 0 Å². The Morgan fingerprint density at radius 2 is 1.67 bits per heavy atom. The molecule has 1 aliphatic heterocycles. The van der Waals surface area contributed by atoms with Crippen molar-refractivity contribution in [2.75, 3.05) is 43.5 Å². The predicted molar refractivity (Wildman–Crippen MR) is 111 cm³/mol. The minimum absolute atomic E-state index is 0.0639. The first-order valence-corrected chi connectivity index (χ1v) is 9.42. The highest BCUT2D eigenvalue weighted by atomic mass is 16.5. The topological polar surface area (TPSA) is 44.8 Å². The number of anilines is 2. The molecule has 1 saturated heterocycles. The van der Waals surface area contributed by atoms with E-state index < -0.39 is 0 Å². The molecule has 1 fully saturated rings. The average Bonchev–Trinajstić information content (AvgIpc) is 2.67. The van der Waals surface area contributed by atoms with Crippen molar-refractivity contribution in [3.63, 3.8) is 0 Å². The second-order valence-electron chi connectivity index (χ2n) is 7.93. The molecule has 0 saturated carbocycles. The summed E-state index contributed by atoms with van der Waals surface area (Å²) in [6.45, 7) is 9.75. The fraction of sp³-hybridized carbons (Fsp3) is 0.409. The largest absolute Gasteiger partial charge is 0.497 e. The zero-order valence-corrected chi connectivity index (χ0v) is 16.7. The van der Waals surface area contributed by atoms with Crippen LogP contribution in [0.5, 0.6) is 5.75 Å². The number of urea groups is 1. The fourth-order valence-corrected chi connectivity index (χ4v) is 3.24. The molecule has 5 heteroatoms. The van der Waals surface area contributed by atoms with Crippen molar-refractivity contribution in [1.82, 2.24) is 4.90 Å². The Morgan fingerprint density at radius 1 is 1.00 bits per heavy atom. The Kier molecular flexibility index (Phi) is 5.59. The van der Waals surface area contributed by atoms with Gasteiger partial charge >= 0.3 is 6.03 Å². The zero-order chi connectivity index (χ0) is 19.4. The van der Waals surface area contributed by atoms with Gasteiger partial charge < -0.3 is 19.9 Å². The average molecular weight is 367 g/mol. The van der Waals surface area contributed by atoms with Gasteiger partial charge in [-0.1, -0.05) is 39.0 Å². The Morgan fingerprint density at radius 3 is 2.26 bits per heavy atom. The van der Waals surface area contributed by atoms with Gasteiger partial charge in [0.2, 0.25) is 0 Å². The molecular weight excluding hydrogens is 338 g/mol. The molecule has 27 heavy (non-hydrogen) atoms. The number of nitrogens with one attached hydrogen (secondary N) is 1. The summed E-state index contributed by atoms with van der Waals surface area (Å²) in [5.74, 6) is 0.733. The maximum atomic E-state index is 12.5. The van der Waals surface area contributed by atoms with Gasteiger partial charge in [0, 0.05) is 43.6 Å². The number of hydrogen-bond donors (Lipinski definition) is 1. The summed E-state index contributed by atoms with van der Waals surface area (Å²) in [6, 6.07) is 16.1. The molecule has 2 aromatic carbocycles. The molecule has 3 rings (SSSR count). The van der Waals surface area contributed by atoms with E-state index in [4.69, 9.17) is 4.74 Å². The number of methoxy groups -OCH3 is 1. The summed E-state index contributed by atoms with van der Waals surface area (Å²) >= 11 is 0. The van der Waals surface area contributed by atoms with Crippen LogP contribution in [0.15, 0.2) is 48.5 Å². The van der Waals surface area contributed by atoms with Crippen LogP contribution in [0.25, 0.3) is 0 Å². The maximum absolute atomic E-state index is 12.5. The summed E-state index contributed by atoms with van der Waals surface area (Å²) in [7, 11) is 1.62. The third-order valence-corrected chi connectivity index (χ3v) is 4.99. The third kappa shape index (κ3) is 4.73. The van der Waals surface area contributed by atoms with Gasteiger partial charge in [-0.2, -0.15) is 0 Å². The molecule has 0 spiro atoms. The van der Waals surface area contributed by atoms with Gasteiger partial charge in [-0.15, -0.1) is 0 Å². The molecule has 2 aromatic rings. The Bertz CT molecular complexity index is 773. The van der Waals surface area contributed by atoms with Crippen LogP contribution >= 0.6 is 0 Å². The smallest absolute Gasteiger partial charge is 0.321 e. The monoisotopic (exact) mass is 367 g/mol. The van der Waals surface area contributed by atoms with Gasteiger partial charge in [-0.25, -0.2) is 4.79 Å². The van der Waals surface area contributed by atoms with E-state index >= 15 is 0 Å². The van der Waals surface area contributed by atoms with Gasteiger partial charge in [0.05, 0.1) is 7.11 Å². The van der Waals surface area contributed by atoms with Crippen LogP contribution in [-0.2, 0) is 5.41 Å². The number of nitrogens with zero attached hydrogens (tertiary/aromatic N) is 2. The summed E-state index contributed by atoms with van der Waals surface area (Å²) < 4.78 is 5.20. The molecule has 1 aliphatic rings. The Labute approximate surface area is 161 Å². The normalized spacial score (nSPS) is 14.8. The minimum atomic E-state index is -0.0639. The first-order valence-electron chi connectivity index (χ1n) is 9.42. The number of carbonyl (C=O) groups excluding carboxylic acids is 1. The molecule has 5 nitrogen and oxygen atoms in total. The van der Waals surface area contributed by atoms with Crippen LogP contribution in [0.3, 0.4) is 0 Å². The predicted octanol–water partition coefficient (Wildman–Crippen LogP) is 4.35. The number of amides is 2. The van der Waals surface area contributed by atoms with Crippen molar-refractivity contribution in [2.45, 2.75) is 26.2 Å². The van der Waals surface area contributed by atoms with E-state index in [-0.39, 0.29) is 11.4 Å². The summed E-state index contributed by atoms with van der Waals surface area (Å²) in [5, 5.41) is 2.95. The molecule has 144 valence electrons. The molecule has 0 atom stereocenters. The van der Waals surface area contributed by atoms with Crippen molar-refractivity contribution in [2.24, 2.45) is 0 Å². The van der Waals surface area contributed by atoms with Gasteiger partial charge in [0.15, 0.2) is 0 Å². The molecule has 2 amide bonds. The minimum Gasteiger partial charge on any atom is -0.497 e. The van der Waals surface area contributed by atoms with Gasteiger partial charge in [-0.3, -0.25) is 0 Å². The summed E-state index contributed by atoms with van der Waals surface area (Å²) in [5.41, 5.74) is 3.47. The SMILES string of the molecule is COc1cccc(NC(=O)N2CCN(c3ccc(C(C)(C)C)cc3)CC2)c1. The van der Waals surface area contributed by atoms with Crippen LogP contribution in [0.1, 0.15) is 26.3 Å². The Balaban J connectivity index is 1.55. The van der Waals surface area contributed by atoms with Crippen LogP contribution in [-0.4, -0.2) is 44.2 Å². The number of benzene rings is 2. The lowest BCUT2D eigenvalue weighted by atomic mass is 9.87. The second kappa shape index (κ2) is 7.91. The number of piperazine rings is 1. The summed E-state index contributed by atoms with van der Waals surface area (Å²) in [6.07, 6.45) is 0. The van der Waals surface area contributed by atoms with Crippen LogP contribution in [0.2, 0.25) is 0 Å². The number of rotatable bonds is 3. The molecular formula is C22H29N3O2. The van der Waals surface area contributed by atoms with Crippen LogP contribution < -0.4 is 15.0 Å². The van der Waals surface area contributed by atoms with Crippen molar-refractivity contribution >= 4 is 17.4 Å². The number of hydrogen-bond acceptors (Lipinski definition) is 3. The Hall–Kier alpha value is -2.69. The quantitative estimate of drug-likeness (QED) is 0.877. The molecule has 0 aromatic heterocycles. The number of ether oxygens (including phenoxy) is 1. The van der Waals surface area contributed by atoms with Crippen LogP contribution in [0, 0.1) is 0 Å². The molecule has 0 aliphatic carbocycles. The van der Waals surface area contributed by atoms with E-state index in [1.807, 2.05) is 29.2 Å². The highest BCUT2D eigenvalue weighted by molar-refractivity contribution is 5.89. The molecule has 0 bridgehead atoms. The lowest BCUT2D eigenvalue weighted by Crippen LogP contribution is -2.50. The lowest BCUT2D eigenvalue weighted by molar-refractivity contribution is 0.208.